The highest BCUT2D eigenvalue weighted by Crippen LogP contribution is 2.25. The monoisotopic (exact) mass is 333 g/mol. The van der Waals surface area contributed by atoms with E-state index in [4.69, 9.17) is 11.6 Å². The van der Waals surface area contributed by atoms with E-state index in [0.717, 1.165) is 16.7 Å². The number of hydrogen-bond acceptors (Lipinski definition) is 1. The smallest absolute Gasteiger partial charge is 0.256 e. The Morgan fingerprint density at radius 1 is 0.833 bits per heavy atom. The van der Waals surface area contributed by atoms with E-state index >= 15 is 0 Å². The summed E-state index contributed by atoms with van der Waals surface area (Å²) in [6.45, 7) is 4.16. The molecule has 3 aromatic carbocycles. The van der Waals surface area contributed by atoms with Gasteiger partial charge >= 0.3 is 0 Å². The molecule has 24 heavy (non-hydrogen) atoms. The minimum Gasteiger partial charge on any atom is -0.322 e. The first-order valence-electron chi connectivity index (χ1n) is 7.56. The van der Waals surface area contributed by atoms with Gasteiger partial charge in [-0.2, -0.15) is 0 Å². The second-order valence-electron chi connectivity index (χ2n) is 5.35. The molecule has 3 rings (SSSR count). The van der Waals surface area contributed by atoms with E-state index in [0.29, 0.717) is 16.3 Å². The fraction of sp³-hybridized carbons (Fsp3) is 0. The molecule has 3 aromatic rings. The Hall–Kier alpha value is -2.84. The maximum Gasteiger partial charge on any atom is 0.256 e. The molecule has 0 aliphatic heterocycles. The number of amides is 1. The molecule has 0 aliphatic rings. The van der Waals surface area contributed by atoms with Crippen LogP contribution in [-0.2, 0) is 0 Å². The molecular weight excluding hydrogens is 318 g/mol. The summed E-state index contributed by atoms with van der Waals surface area (Å²) in [4.78, 5) is 12.7. The molecular formula is C21H16ClNO. The quantitative estimate of drug-likeness (QED) is 0.656. The van der Waals surface area contributed by atoms with Crippen molar-refractivity contribution in [1.82, 2.24) is 0 Å². The van der Waals surface area contributed by atoms with Crippen molar-refractivity contribution in [2.45, 2.75) is 0 Å². The van der Waals surface area contributed by atoms with Gasteiger partial charge in [-0.25, -0.2) is 0 Å². The van der Waals surface area contributed by atoms with Crippen LogP contribution < -0.4 is 5.32 Å². The van der Waals surface area contributed by atoms with Gasteiger partial charge in [0.05, 0.1) is 0 Å². The van der Waals surface area contributed by atoms with E-state index in [1.54, 1.807) is 30.3 Å². The Bertz CT molecular complexity index is 887. The predicted molar refractivity (Wildman–Crippen MR) is 100 cm³/mol. The highest BCUT2D eigenvalue weighted by Gasteiger charge is 2.14. The predicted octanol–water partition coefficient (Wildman–Crippen LogP) is 5.65. The van der Waals surface area contributed by atoms with Crippen LogP contribution in [0, 0.1) is 0 Å². The second kappa shape index (κ2) is 7.16. The fourth-order valence-corrected chi connectivity index (χ4v) is 2.69. The number of benzene rings is 3. The maximum absolute atomic E-state index is 12.7. The molecule has 0 spiro atoms. The zero-order chi connectivity index (χ0) is 16.9. The second-order valence-corrected chi connectivity index (χ2v) is 5.79. The number of carbonyl (C=O) groups excluding carboxylic acids is 1. The van der Waals surface area contributed by atoms with E-state index in [2.05, 4.69) is 11.9 Å². The summed E-state index contributed by atoms with van der Waals surface area (Å²) in [5.41, 5.74) is 3.84. The third kappa shape index (κ3) is 3.55. The molecule has 118 valence electrons. The van der Waals surface area contributed by atoms with Gasteiger partial charge in [-0.1, -0.05) is 72.8 Å². The van der Waals surface area contributed by atoms with Crippen molar-refractivity contribution in [3.8, 4) is 0 Å². The van der Waals surface area contributed by atoms with Crippen LogP contribution in [0.1, 0.15) is 21.5 Å². The fourth-order valence-electron chi connectivity index (χ4n) is 2.50. The topological polar surface area (TPSA) is 29.1 Å². The number of carbonyl (C=O) groups is 1. The number of anilines is 1. The van der Waals surface area contributed by atoms with Gasteiger partial charge in [-0.15, -0.1) is 0 Å². The van der Waals surface area contributed by atoms with E-state index in [-0.39, 0.29) is 5.91 Å². The normalized spacial score (nSPS) is 10.2. The molecule has 0 saturated heterocycles. The average molecular weight is 334 g/mol. The van der Waals surface area contributed by atoms with Gasteiger partial charge < -0.3 is 5.32 Å². The molecule has 2 nitrogen and oxygen atoms in total. The van der Waals surface area contributed by atoms with Crippen molar-refractivity contribution >= 4 is 28.8 Å². The van der Waals surface area contributed by atoms with Crippen molar-refractivity contribution < 1.29 is 4.79 Å². The first kappa shape index (κ1) is 16.0. The van der Waals surface area contributed by atoms with Crippen molar-refractivity contribution in [2.24, 2.45) is 0 Å². The third-order valence-electron chi connectivity index (χ3n) is 3.70. The molecule has 1 N–H and O–H groups in total. The molecule has 0 bridgehead atoms. The van der Waals surface area contributed by atoms with Crippen LogP contribution in [0.5, 0.6) is 0 Å². The maximum atomic E-state index is 12.7. The van der Waals surface area contributed by atoms with E-state index in [1.165, 1.54) is 0 Å². The highest BCUT2D eigenvalue weighted by molar-refractivity contribution is 6.31. The van der Waals surface area contributed by atoms with Crippen LogP contribution in [0.4, 0.5) is 5.69 Å². The molecule has 3 heteroatoms. The molecule has 0 saturated carbocycles. The number of halogens is 1. The van der Waals surface area contributed by atoms with Crippen LogP contribution in [0.25, 0.3) is 5.57 Å². The van der Waals surface area contributed by atoms with Crippen LogP contribution in [0.15, 0.2) is 85.4 Å². The summed E-state index contributed by atoms with van der Waals surface area (Å²) in [6.07, 6.45) is 0. The molecule has 1 amide bonds. The Morgan fingerprint density at radius 3 is 2.21 bits per heavy atom. The lowest BCUT2D eigenvalue weighted by molar-refractivity contribution is 0.102. The lowest BCUT2D eigenvalue weighted by Gasteiger charge is -2.13. The van der Waals surface area contributed by atoms with E-state index in [1.807, 2.05) is 48.5 Å². The molecule has 0 radical (unpaired) electrons. The molecule has 0 aliphatic carbocycles. The van der Waals surface area contributed by atoms with Gasteiger partial charge in [-0.05, 0) is 41.0 Å². The molecule has 0 unspecified atom stereocenters. The van der Waals surface area contributed by atoms with Crippen molar-refractivity contribution in [3.63, 3.8) is 0 Å². The standard InChI is InChI=1S/C21H16ClNO/c1-15(16-8-3-2-4-9-16)19-12-5-6-13-20(19)21(24)23-18-11-7-10-17(22)14-18/h2-14H,1H2,(H,23,24). The number of nitrogens with one attached hydrogen (secondary N) is 1. The minimum absolute atomic E-state index is 0.190. The number of hydrogen-bond donors (Lipinski definition) is 1. The van der Waals surface area contributed by atoms with Crippen LogP contribution >= 0.6 is 11.6 Å². The van der Waals surface area contributed by atoms with Gasteiger partial charge in [0.15, 0.2) is 0 Å². The van der Waals surface area contributed by atoms with E-state index in [9.17, 15) is 4.79 Å². The SMILES string of the molecule is C=C(c1ccccc1)c1ccccc1C(=O)Nc1cccc(Cl)c1. The Balaban J connectivity index is 1.91. The van der Waals surface area contributed by atoms with Gasteiger partial charge in [0.1, 0.15) is 0 Å². The summed E-state index contributed by atoms with van der Waals surface area (Å²) in [6, 6.07) is 24.3. The summed E-state index contributed by atoms with van der Waals surface area (Å²) in [5, 5.41) is 3.46. The first-order chi connectivity index (χ1) is 11.6. The molecule has 0 aromatic heterocycles. The lowest BCUT2D eigenvalue weighted by Crippen LogP contribution is -2.14. The lowest BCUT2D eigenvalue weighted by atomic mass is 9.95. The summed E-state index contributed by atoms with van der Waals surface area (Å²) in [7, 11) is 0. The summed E-state index contributed by atoms with van der Waals surface area (Å²) < 4.78 is 0. The van der Waals surface area contributed by atoms with Gasteiger partial charge in [-0.3, -0.25) is 4.79 Å². The Morgan fingerprint density at radius 2 is 1.50 bits per heavy atom. The summed E-state index contributed by atoms with van der Waals surface area (Å²) >= 11 is 5.97. The summed E-state index contributed by atoms with van der Waals surface area (Å²) in [5.74, 6) is -0.190. The Kier molecular flexibility index (Phi) is 4.78. The van der Waals surface area contributed by atoms with Gasteiger partial charge in [0.2, 0.25) is 0 Å². The average Bonchev–Trinajstić information content (AvgIpc) is 2.62. The van der Waals surface area contributed by atoms with Crippen molar-refractivity contribution in [1.29, 1.82) is 0 Å². The van der Waals surface area contributed by atoms with Crippen molar-refractivity contribution in [3.05, 3.63) is 107 Å². The van der Waals surface area contributed by atoms with Crippen LogP contribution in [0.3, 0.4) is 0 Å². The molecule has 0 heterocycles. The first-order valence-corrected chi connectivity index (χ1v) is 7.93. The highest BCUT2D eigenvalue weighted by atomic mass is 35.5. The molecule has 0 atom stereocenters. The largest absolute Gasteiger partial charge is 0.322 e. The van der Waals surface area contributed by atoms with Crippen LogP contribution in [-0.4, -0.2) is 5.91 Å². The third-order valence-corrected chi connectivity index (χ3v) is 3.94. The molecule has 0 fully saturated rings. The van der Waals surface area contributed by atoms with E-state index < -0.39 is 0 Å². The Labute approximate surface area is 146 Å². The zero-order valence-corrected chi connectivity index (χ0v) is 13.8. The van der Waals surface area contributed by atoms with Gasteiger partial charge in [0, 0.05) is 16.3 Å². The zero-order valence-electron chi connectivity index (χ0n) is 13.0. The number of rotatable bonds is 4. The minimum atomic E-state index is -0.190. The van der Waals surface area contributed by atoms with Crippen molar-refractivity contribution in [2.75, 3.05) is 5.32 Å². The van der Waals surface area contributed by atoms with Crippen LogP contribution in [0.2, 0.25) is 5.02 Å². The van der Waals surface area contributed by atoms with Gasteiger partial charge in [0.25, 0.3) is 5.91 Å².